The van der Waals surface area contributed by atoms with E-state index in [1.165, 1.54) is 0 Å². The monoisotopic (exact) mass is 275 g/mol. The van der Waals surface area contributed by atoms with Gasteiger partial charge in [0.2, 0.25) is 0 Å². The van der Waals surface area contributed by atoms with Crippen LogP contribution in [0.15, 0.2) is 36.4 Å². The van der Waals surface area contributed by atoms with Gasteiger partial charge in [-0.25, -0.2) is 0 Å². The molecule has 1 aromatic carbocycles. The number of hydrogen-bond donors (Lipinski definition) is 1. The summed E-state index contributed by atoms with van der Waals surface area (Å²) in [4.78, 5) is 6.63. The molecule has 4 heteroatoms. The third-order valence-corrected chi connectivity index (χ3v) is 3.26. The Balaban J connectivity index is 2.24. The summed E-state index contributed by atoms with van der Waals surface area (Å²) < 4.78 is 0. The quantitative estimate of drug-likeness (QED) is 0.932. The summed E-state index contributed by atoms with van der Waals surface area (Å²) in [6.45, 7) is 3.22. The van der Waals surface area contributed by atoms with Crippen molar-refractivity contribution in [1.29, 1.82) is 0 Å². The van der Waals surface area contributed by atoms with Gasteiger partial charge < -0.3 is 10.6 Å². The van der Waals surface area contributed by atoms with Gasteiger partial charge in [0.15, 0.2) is 0 Å². The molecule has 2 aromatic rings. The first kappa shape index (κ1) is 13.8. The number of anilines is 1. The topological polar surface area (TPSA) is 42.1 Å². The molecule has 0 aliphatic rings. The summed E-state index contributed by atoms with van der Waals surface area (Å²) in [7, 11) is 2.02. The van der Waals surface area contributed by atoms with Gasteiger partial charge in [-0.3, -0.25) is 4.98 Å². The van der Waals surface area contributed by atoms with E-state index >= 15 is 0 Å². The Morgan fingerprint density at radius 3 is 2.74 bits per heavy atom. The number of aryl methyl sites for hydroxylation is 1. The van der Waals surface area contributed by atoms with Crippen LogP contribution in [0.25, 0.3) is 0 Å². The van der Waals surface area contributed by atoms with Gasteiger partial charge in [0.05, 0.1) is 12.2 Å². The molecular weight excluding hydrogens is 258 g/mol. The summed E-state index contributed by atoms with van der Waals surface area (Å²) in [6.07, 6.45) is 0. The number of halogens is 1. The summed E-state index contributed by atoms with van der Waals surface area (Å²) in [5.41, 5.74) is 9.96. The normalized spacial score (nSPS) is 10.5. The first-order chi connectivity index (χ1) is 9.10. The molecule has 0 atom stereocenters. The average Bonchev–Trinajstić information content (AvgIpc) is 2.38. The maximum absolute atomic E-state index is 6.06. The molecule has 100 valence electrons. The number of pyridine rings is 1. The van der Waals surface area contributed by atoms with Crippen LogP contribution < -0.4 is 10.6 Å². The van der Waals surface area contributed by atoms with Crippen LogP contribution in [0.2, 0.25) is 5.02 Å². The van der Waals surface area contributed by atoms with E-state index in [0.29, 0.717) is 6.54 Å². The number of aromatic nitrogens is 1. The standard InChI is InChI=1S/C15H18ClN3/c1-11-4-3-5-14(18-11)10-19(2)15-8-13(16)7-6-12(15)9-17/h3-8H,9-10,17H2,1-2H3. The second-order valence-electron chi connectivity index (χ2n) is 4.60. The van der Waals surface area contributed by atoms with E-state index in [4.69, 9.17) is 17.3 Å². The fraction of sp³-hybridized carbons (Fsp3) is 0.267. The van der Waals surface area contributed by atoms with Gasteiger partial charge in [0, 0.05) is 30.0 Å². The molecule has 0 radical (unpaired) electrons. The lowest BCUT2D eigenvalue weighted by atomic mass is 10.1. The van der Waals surface area contributed by atoms with Gasteiger partial charge in [-0.1, -0.05) is 23.7 Å². The fourth-order valence-corrected chi connectivity index (χ4v) is 2.25. The summed E-state index contributed by atoms with van der Waals surface area (Å²) in [6, 6.07) is 11.8. The minimum Gasteiger partial charge on any atom is -0.368 e. The fourth-order valence-electron chi connectivity index (χ4n) is 2.08. The van der Waals surface area contributed by atoms with Crippen LogP contribution >= 0.6 is 11.6 Å². The highest BCUT2D eigenvalue weighted by atomic mass is 35.5. The second kappa shape index (κ2) is 6.04. The van der Waals surface area contributed by atoms with Gasteiger partial charge in [-0.15, -0.1) is 0 Å². The zero-order chi connectivity index (χ0) is 13.8. The molecule has 19 heavy (non-hydrogen) atoms. The highest BCUT2D eigenvalue weighted by Crippen LogP contribution is 2.24. The van der Waals surface area contributed by atoms with Gasteiger partial charge in [-0.05, 0) is 36.8 Å². The van der Waals surface area contributed by atoms with Crippen molar-refractivity contribution in [2.45, 2.75) is 20.0 Å². The Morgan fingerprint density at radius 1 is 1.26 bits per heavy atom. The Bertz CT molecular complexity index is 569. The second-order valence-corrected chi connectivity index (χ2v) is 5.04. The molecule has 1 heterocycles. The smallest absolute Gasteiger partial charge is 0.0600 e. The minimum atomic E-state index is 0.498. The molecule has 0 aliphatic carbocycles. The van der Waals surface area contributed by atoms with Gasteiger partial charge >= 0.3 is 0 Å². The first-order valence-corrected chi connectivity index (χ1v) is 6.60. The van der Waals surface area contributed by atoms with Crippen LogP contribution in [-0.2, 0) is 13.1 Å². The zero-order valence-electron chi connectivity index (χ0n) is 11.2. The molecule has 0 unspecified atom stereocenters. The van der Waals surface area contributed by atoms with Crippen LogP contribution in [0.1, 0.15) is 17.0 Å². The predicted molar refractivity (Wildman–Crippen MR) is 80.4 cm³/mol. The lowest BCUT2D eigenvalue weighted by Gasteiger charge is -2.22. The van der Waals surface area contributed by atoms with E-state index in [9.17, 15) is 0 Å². The number of nitrogens with two attached hydrogens (primary N) is 1. The minimum absolute atomic E-state index is 0.498. The van der Waals surface area contributed by atoms with Crippen molar-refractivity contribution in [3.05, 3.63) is 58.4 Å². The zero-order valence-corrected chi connectivity index (χ0v) is 12.0. The van der Waals surface area contributed by atoms with Crippen molar-refractivity contribution in [1.82, 2.24) is 4.98 Å². The highest BCUT2D eigenvalue weighted by Gasteiger charge is 2.08. The number of nitrogens with zero attached hydrogens (tertiary/aromatic N) is 2. The Morgan fingerprint density at radius 2 is 2.05 bits per heavy atom. The molecule has 0 bridgehead atoms. The average molecular weight is 276 g/mol. The van der Waals surface area contributed by atoms with E-state index < -0.39 is 0 Å². The van der Waals surface area contributed by atoms with E-state index in [-0.39, 0.29) is 0 Å². The molecular formula is C15H18ClN3. The Labute approximate surface area is 119 Å². The largest absolute Gasteiger partial charge is 0.368 e. The van der Waals surface area contributed by atoms with E-state index in [2.05, 4.69) is 9.88 Å². The SMILES string of the molecule is Cc1cccc(CN(C)c2cc(Cl)ccc2CN)n1. The summed E-state index contributed by atoms with van der Waals surface area (Å²) in [5.74, 6) is 0. The first-order valence-electron chi connectivity index (χ1n) is 6.22. The van der Waals surface area contributed by atoms with Crippen molar-refractivity contribution >= 4 is 17.3 Å². The molecule has 3 nitrogen and oxygen atoms in total. The third-order valence-electron chi connectivity index (χ3n) is 3.02. The van der Waals surface area contributed by atoms with Crippen molar-refractivity contribution in [2.75, 3.05) is 11.9 Å². The summed E-state index contributed by atoms with van der Waals surface area (Å²) in [5, 5.41) is 0.719. The molecule has 0 amide bonds. The van der Waals surface area contributed by atoms with Gasteiger partial charge in [0.25, 0.3) is 0 Å². The van der Waals surface area contributed by atoms with Crippen LogP contribution in [0, 0.1) is 6.92 Å². The van der Waals surface area contributed by atoms with Crippen LogP contribution in [0.5, 0.6) is 0 Å². The molecule has 2 rings (SSSR count). The maximum Gasteiger partial charge on any atom is 0.0600 e. The van der Waals surface area contributed by atoms with Crippen molar-refractivity contribution in [3.63, 3.8) is 0 Å². The lowest BCUT2D eigenvalue weighted by molar-refractivity contribution is 0.865. The van der Waals surface area contributed by atoms with Gasteiger partial charge in [-0.2, -0.15) is 0 Å². The molecule has 0 aliphatic heterocycles. The molecule has 0 saturated heterocycles. The number of hydrogen-bond acceptors (Lipinski definition) is 3. The molecule has 0 saturated carbocycles. The maximum atomic E-state index is 6.06. The van der Waals surface area contributed by atoms with Crippen molar-refractivity contribution in [3.8, 4) is 0 Å². The molecule has 2 N–H and O–H groups in total. The predicted octanol–water partition coefficient (Wildman–Crippen LogP) is 3.14. The van der Waals surface area contributed by atoms with Gasteiger partial charge in [0.1, 0.15) is 0 Å². The Kier molecular flexibility index (Phi) is 4.40. The molecule has 1 aromatic heterocycles. The number of rotatable bonds is 4. The van der Waals surface area contributed by atoms with Crippen LogP contribution in [-0.4, -0.2) is 12.0 Å². The lowest BCUT2D eigenvalue weighted by Crippen LogP contribution is -2.19. The highest BCUT2D eigenvalue weighted by molar-refractivity contribution is 6.30. The summed E-state index contributed by atoms with van der Waals surface area (Å²) >= 11 is 6.06. The van der Waals surface area contributed by atoms with Crippen molar-refractivity contribution in [2.24, 2.45) is 5.73 Å². The van der Waals surface area contributed by atoms with E-state index in [0.717, 1.165) is 34.2 Å². The molecule has 0 spiro atoms. The van der Waals surface area contributed by atoms with E-state index in [1.807, 2.05) is 50.4 Å². The number of benzene rings is 1. The Hall–Kier alpha value is -1.58. The van der Waals surface area contributed by atoms with Crippen LogP contribution in [0.3, 0.4) is 0 Å². The van der Waals surface area contributed by atoms with Crippen LogP contribution in [0.4, 0.5) is 5.69 Å². The van der Waals surface area contributed by atoms with E-state index in [1.54, 1.807) is 0 Å². The van der Waals surface area contributed by atoms with Crippen molar-refractivity contribution < 1.29 is 0 Å². The third kappa shape index (κ3) is 3.46. The molecule has 0 fully saturated rings.